The molecule has 6 heteroatoms. The Morgan fingerprint density at radius 3 is 2.96 bits per heavy atom. The number of halogens is 1. The van der Waals surface area contributed by atoms with Crippen LogP contribution in [-0.4, -0.2) is 43.5 Å². The number of aromatic nitrogens is 1. The Balaban J connectivity index is 1.59. The van der Waals surface area contributed by atoms with Gasteiger partial charge in [0.1, 0.15) is 6.67 Å². The first-order valence-corrected chi connectivity index (χ1v) is 8.00. The maximum Gasteiger partial charge on any atom is 0.338 e. The third kappa shape index (κ3) is 2.24. The van der Waals surface area contributed by atoms with E-state index in [0.29, 0.717) is 18.7 Å². The van der Waals surface area contributed by atoms with Crippen molar-refractivity contribution < 1.29 is 18.7 Å². The highest BCUT2D eigenvalue weighted by molar-refractivity contribution is 6.06. The fourth-order valence-electron chi connectivity index (χ4n) is 4.02. The first-order chi connectivity index (χ1) is 11.6. The number of ether oxygens (including phenoxy) is 2. The molecule has 0 unspecified atom stereocenters. The maximum atomic E-state index is 13.0. The highest BCUT2D eigenvalue weighted by Gasteiger charge is 2.62. The summed E-state index contributed by atoms with van der Waals surface area (Å²) in [6.45, 7) is 0.889. The molecule has 1 aromatic heterocycles. The van der Waals surface area contributed by atoms with Gasteiger partial charge in [0.25, 0.3) is 0 Å². The van der Waals surface area contributed by atoms with E-state index in [0.717, 1.165) is 29.4 Å². The summed E-state index contributed by atoms with van der Waals surface area (Å²) < 4.78 is 23.5. The summed E-state index contributed by atoms with van der Waals surface area (Å²) in [4.78, 5) is 16.3. The van der Waals surface area contributed by atoms with Gasteiger partial charge in [-0.1, -0.05) is 6.07 Å². The number of anilines is 1. The predicted molar refractivity (Wildman–Crippen MR) is 87.9 cm³/mol. The molecule has 2 saturated heterocycles. The number of alkyl halides is 1. The Morgan fingerprint density at radius 2 is 2.25 bits per heavy atom. The zero-order valence-corrected chi connectivity index (χ0v) is 13.5. The number of nitrogens with zero attached hydrogens (tertiary/aromatic N) is 1. The third-order valence-electron chi connectivity index (χ3n) is 5.15. The average molecular weight is 330 g/mol. The van der Waals surface area contributed by atoms with E-state index in [9.17, 15) is 9.18 Å². The van der Waals surface area contributed by atoms with Crippen molar-refractivity contribution >= 4 is 22.6 Å². The molecule has 1 saturated carbocycles. The molecule has 3 heterocycles. The van der Waals surface area contributed by atoms with Gasteiger partial charge in [0, 0.05) is 23.5 Å². The highest BCUT2D eigenvalue weighted by Crippen LogP contribution is 2.57. The molecule has 0 atom stereocenters. The number of esters is 1. The van der Waals surface area contributed by atoms with Gasteiger partial charge in [0.15, 0.2) is 0 Å². The van der Waals surface area contributed by atoms with Crippen molar-refractivity contribution in [1.29, 1.82) is 0 Å². The smallest absolute Gasteiger partial charge is 0.338 e. The lowest BCUT2D eigenvalue weighted by Crippen LogP contribution is -2.49. The standard InChI is InChI=1S/C18H19FN2O3/c1-23-16(22)13-4-5-14(15-12(13)3-2-6-20-15)21-10-17-7-18(8-17,9-19)24-11-17/h2-6,21H,7-11H2,1H3. The molecular formula is C18H19FN2O3. The van der Waals surface area contributed by atoms with Crippen LogP contribution in [0.2, 0.25) is 0 Å². The number of fused-ring (bicyclic) bond motifs is 2. The lowest BCUT2D eigenvalue weighted by atomic mass is 9.63. The van der Waals surface area contributed by atoms with E-state index in [1.54, 1.807) is 18.3 Å². The van der Waals surface area contributed by atoms with Gasteiger partial charge >= 0.3 is 5.97 Å². The summed E-state index contributed by atoms with van der Waals surface area (Å²) in [7, 11) is 1.36. The minimum absolute atomic E-state index is 0.00815. The van der Waals surface area contributed by atoms with Crippen LogP contribution in [0, 0.1) is 5.41 Å². The molecule has 1 N–H and O–H groups in total. The number of hydrogen-bond acceptors (Lipinski definition) is 5. The quantitative estimate of drug-likeness (QED) is 0.854. The van der Waals surface area contributed by atoms with Crippen molar-refractivity contribution in [3.63, 3.8) is 0 Å². The average Bonchev–Trinajstić information content (AvgIpc) is 3.15. The Kier molecular flexibility index (Phi) is 3.46. The largest absolute Gasteiger partial charge is 0.465 e. The molecule has 3 aliphatic rings. The molecule has 0 radical (unpaired) electrons. The van der Waals surface area contributed by atoms with Gasteiger partial charge in [-0.3, -0.25) is 4.98 Å². The molecule has 3 fully saturated rings. The first-order valence-electron chi connectivity index (χ1n) is 8.00. The topological polar surface area (TPSA) is 60.5 Å². The minimum atomic E-state index is -0.531. The molecule has 24 heavy (non-hydrogen) atoms. The van der Waals surface area contributed by atoms with Gasteiger partial charge < -0.3 is 14.8 Å². The lowest BCUT2D eigenvalue weighted by Gasteiger charge is -2.43. The second-order valence-electron chi connectivity index (χ2n) is 6.86. The molecule has 2 bridgehead atoms. The van der Waals surface area contributed by atoms with Crippen molar-refractivity contribution in [2.24, 2.45) is 5.41 Å². The van der Waals surface area contributed by atoms with Crippen LogP contribution in [0.1, 0.15) is 23.2 Å². The Morgan fingerprint density at radius 1 is 1.42 bits per heavy atom. The van der Waals surface area contributed by atoms with Gasteiger partial charge in [-0.05, 0) is 31.0 Å². The fraction of sp³-hybridized carbons (Fsp3) is 0.444. The maximum absolute atomic E-state index is 13.0. The number of carbonyl (C=O) groups excluding carboxylic acids is 1. The number of rotatable bonds is 5. The number of nitrogens with one attached hydrogen (secondary N) is 1. The number of pyridine rings is 1. The Labute approximate surface area is 139 Å². The molecule has 2 aromatic rings. The summed E-state index contributed by atoms with van der Waals surface area (Å²) >= 11 is 0. The van der Waals surface area contributed by atoms with E-state index >= 15 is 0 Å². The molecule has 126 valence electrons. The van der Waals surface area contributed by atoms with E-state index < -0.39 is 12.3 Å². The molecular weight excluding hydrogens is 311 g/mol. The van der Waals surface area contributed by atoms with Crippen LogP contribution >= 0.6 is 0 Å². The van der Waals surface area contributed by atoms with Crippen LogP contribution in [0.5, 0.6) is 0 Å². The van der Waals surface area contributed by atoms with Crippen molar-refractivity contribution in [3.8, 4) is 0 Å². The molecule has 1 aromatic carbocycles. The van der Waals surface area contributed by atoms with Gasteiger partial charge in [-0.2, -0.15) is 0 Å². The van der Waals surface area contributed by atoms with Crippen LogP contribution < -0.4 is 5.32 Å². The molecule has 0 spiro atoms. The van der Waals surface area contributed by atoms with Gasteiger partial charge in [0.05, 0.1) is 36.1 Å². The molecule has 2 aliphatic heterocycles. The van der Waals surface area contributed by atoms with Crippen molar-refractivity contribution in [1.82, 2.24) is 4.98 Å². The van der Waals surface area contributed by atoms with Crippen molar-refractivity contribution in [2.45, 2.75) is 18.4 Å². The number of hydrogen-bond donors (Lipinski definition) is 1. The normalized spacial score (nSPS) is 27.8. The lowest BCUT2D eigenvalue weighted by molar-refractivity contribution is -0.0321. The summed E-state index contributed by atoms with van der Waals surface area (Å²) in [5.74, 6) is -0.381. The Bertz CT molecular complexity index is 802. The van der Waals surface area contributed by atoms with Crippen molar-refractivity contribution in [3.05, 3.63) is 36.0 Å². The minimum Gasteiger partial charge on any atom is -0.465 e. The summed E-state index contributed by atoms with van der Waals surface area (Å²) in [5.41, 5.74) is 1.56. The second kappa shape index (κ2) is 5.41. The molecule has 5 rings (SSSR count). The summed E-state index contributed by atoms with van der Waals surface area (Å²) in [6, 6.07) is 7.24. The van der Waals surface area contributed by atoms with Crippen LogP contribution in [-0.2, 0) is 9.47 Å². The SMILES string of the molecule is COC(=O)c1ccc(NCC23COC(CF)(C2)C3)c2ncccc12. The van der Waals surface area contributed by atoms with Gasteiger partial charge in [-0.25, -0.2) is 9.18 Å². The predicted octanol–water partition coefficient (Wildman–Crippen LogP) is 2.95. The number of methoxy groups -OCH3 is 1. The van der Waals surface area contributed by atoms with Crippen LogP contribution in [0.3, 0.4) is 0 Å². The molecule has 1 aliphatic carbocycles. The van der Waals surface area contributed by atoms with E-state index in [4.69, 9.17) is 9.47 Å². The third-order valence-corrected chi connectivity index (χ3v) is 5.15. The first kappa shape index (κ1) is 15.3. The van der Waals surface area contributed by atoms with E-state index in [2.05, 4.69) is 10.3 Å². The van der Waals surface area contributed by atoms with Crippen LogP contribution in [0.15, 0.2) is 30.5 Å². The monoisotopic (exact) mass is 330 g/mol. The van der Waals surface area contributed by atoms with Crippen LogP contribution in [0.25, 0.3) is 10.9 Å². The Hall–Kier alpha value is -2.21. The summed E-state index contributed by atoms with van der Waals surface area (Å²) in [6.07, 6.45) is 3.22. The zero-order valence-electron chi connectivity index (χ0n) is 13.5. The van der Waals surface area contributed by atoms with E-state index in [1.165, 1.54) is 7.11 Å². The second-order valence-corrected chi connectivity index (χ2v) is 6.86. The fourth-order valence-corrected chi connectivity index (χ4v) is 4.02. The van der Waals surface area contributed by atoms with E-state index in [-0.39, 0.29) is 11.4 Å². The summed E-state index contributed by atoms with van der Waals surface area (Å²) in [5, 5.41) is 4.17. The number of carbonyl (C=O) groups is 1. The highest BCUT2D eigenvalue weighted by atomic mass is 19.1. The number of benzene rings is 1. The zero-order chi connectivity index (χ0) is 16.8. The van der Waals surface area contributed by atoms with Crippen LogP contribution in [0.4, 0.5) is 10.1 Å². The molecule has 5 nitrogen and oxygen atoms in total. The molecule has 0 amide bonds. The van der Waals surface area contributed by atoms with Gasteiger partial charge in [-0.15, -0.1) is 0 Å². The van der Waals surface area contributed by atoms with E-state index in [1.807, 2.05) is 12.1 Å². The van der Waals surface area contributed by atoms with Gasteiger partial charge in [0.2, 0.25) is 0 Å². The van der Waals surface area contributed by atoms with Crippen molar-refractivity contribution in [2.75, 3.05) is 32.3 Å².